The smallest absolute Gasteiger partial charge is 0.231 e. The molecule has 0 fully saturated rings. The van der Waals surface area contributed by atoms with Crippen molar-refractivity contribution in [2.75, 3.05) is 19.6 Å². The minimum absolute atomic E-state index is 0.142. The van der Waals surface area contributed by atoms with Gasteiger partial charge in [0.05, 0.1) is 5.92 Å². The van der Waals surface area contributed by atoms with Gasteiger partial charge in [-0.25, -0.2) is 0 Å². The van der Waals surface area contributed by atoms with Crippen LogP contribution >= 0.6 is 0 Å². The fourth-order valence-corrected chi connectivity index (χ4v) is 2.13. The fraction of sp³-hybridized carbons (Fsp3) is 0.357. The Labute approximate surface area is 102 Å². The van der Waals surface area contributed by atoms with Crippen LogP contribution in [0.3, 0.4) is 0 Å². The number of amides is 1. The maximum atomic E-state index is 12.3. The first-order valence-corrected chi connectivity index (χ1v) is 6.01. The molecule has 0 aliphatic carbocycles. The van der Waals surface area contributed by atoms with Gasteiger partial charge in [-0.05, 0) is 12.0 Å². The molecule has 0 saturated carbocycles. The second-order valence-electron chi connectivity index (χ2n) is 4.24. The summed E-state index contributed by atoms with van der Waals surface area (Å²) in [7, 11) is 0. The maximum Gasteiger partial charge on any atom is 0.231 e. The number of nitrogens with two attached hydrogens (primary N) is 1. The van der Waals surface area contributed by atoms with Gasteiger partial charge < -0.3 is 10.6 Å². The number of carbonyl (C=O) groups is 1. The Hall–Kier alpha value is -1.61. The van der Waals surface area contributed by atoms with Crippen LogP contribution in [0.1, 0.15) is 17.9 Å². The van der Waals surface area contributed by atoms with Gasteiger partial charge in [-0.2, -0.15) is 0 Å². The molecule has 1 aromatic carbocycles. The minimum atomic E-state index is -0.206. The van der Waals surface area contributed by atoms with Crippen LogP contribution in [0.5, 0.6) is 0 Å². The zero-order chi connectivity index (χ0) is 12.1. The summed E-state index contributed by atoms with van der Waals surface area (Å²) < 4.78 is 0. The Kier molecular flexibility index (Phi) is 3.94. The molecule has 1 heterocycles. The third kappa shape index (κ3) is 2.74. The molecule has 1 aliphatic heterocycles. The lowest BCUT2D eigenvalue weighted by molar-refractivity contribution is -0.132. The molecule has 0 spiro atoms. The van der Waals surface area contributed by atoms with Gasteiger partial charge in [0.25, 0.3) is 0 Å². The highest BCUT2D eigenvalue weighted by molar-refractivity contribution is 5.84. The maximum absolute atomic E-state index is 12.3. The van der Waals surface area contributed by atoms with E-state index in [1.165, 1.54) is 0 Å². The Morgan fingerprint density at radius 1 is 1.29 bits per heavy atom. The zero-order valence-corrected chi connectivity index (χ0v) is 9.88. The van der Waals surface area contributed by atoms with E-state index >= 15 is 0 Å². The summed E-state index contributed by atoms with van der Waals surface area (Å²) in [6.07, 6.45) is 5.10. The van der Waals surface area contributed by atoms with E-state index in [1.54, 1.807) is 0 Å². The summed E-state index contributed by atoms with van der Waals surface area (Å²) in [4.78, 5) is 14.2. The van der Waals surface area contributed by atoms with Crippen molar-refractivity contribution >= 4 is 5.91 Å². The van der Waals surface area contributed by atoms with Crippen molar-refractivity contribution in [1.29, 1.82) is 0 Å². The van der Waals surface area contributed by atoms with E-state index in [0.29, 0.717) is 13.1 Å². The van der Waals surface area contributed by atoms with Gasteiger partial charge in [0.15, 0.2) is 0 Å². The van der Waals surface area contributed by atoms with Gasteiger partial charge in [-0.15, -0.1) is 0 Å². The van der Waals surface area contributed by atoms with Crippen LogP contribution in [0.25, 0.3) is 0 Å². The van der Waals surface area contributed by atoms with Gasteiger partial charge in [-0.1, -0.05) is 42.5 Å². The number of hydrogen-bond acceptors (Lipinski definition) is 2. The first-order chi connectivity index (χ1) is 8.33. The Balaban J connectivity index is 2.13. The Bertz CT molecular complexity index is 400. The molecule has 1 aliphatic rings. The highest BCUT2D eigenvalue weighted by Crippen LogP contribution is 2.18. The third-order valence-electron chi connectivity index (χ3n) is 3.11. The highest BCUT2D eigenvalue weighted by Gasteiger charge is 2.24. The van der Waals surface area contributed by atoms with Crippen molar-refractivity contribution in [1.82, 2.24) is 4.90 Å². The Morgan fingerprint density at radius 3 is 2.65 bits per heavy atom. The van der Waals surface area contributed by atoms with Crippen molar-refractivity contribution in [3.8, 4) is 0 Å². The molecular formula is C14H18N2O. The monoisotopic (exact) mass is 230 g/mol. The van der Waals surface area contributed by atoms with Crippen LogP contribution in [0, 0.1) is 0 Å². The van der Waals surface area contributed by atoms with Gasteiger partial charge in [0.2, 0.25) is 5.91 Å². The lowest BCUT2D eigenvalue weighted by atomic mass is 9.97. The molecule has 17 heavy (non-hydrogen) atoms. The summed E-state index contributed by atoms with van der Waals surface area (Å²) in [6.45, 7) is 1.88. The molecule has 2 N–H and O–H groups in total. The largest absolute Gasteiger partial charge is 0.338 e. The van der Waals surface area contributed by atoms with E-state index in [4.69, 9.17) is 5.73 Å². The van der Waals surface area contributed by atoms with Crippen LogP contribution in [0.2, 0.25) is 0 Å². The number of carbonyl (C=O) groups excluding carboxylic acids is 1. The average molecular weight is 230 g/mol. The molecule has 0 bridgehead atoms. The van der Waals surface area contributed by atoms with Crippen LogP contribution in [0.15, 0.2) is 42.5 Å². The molecule has 1 unspecified atom stereocenters. The zero-order valence-electron chi connectivity index (χ0n) is 9.88. The van der Waals surface area contributed by atoms with Crippen molar-refractivity contribution in [3.63, 3.8) is 0 Å². The molecule has 0 aromatic heterocycles. The average Bonchev–Trinajstić information content (AvgIpc) is 2.42. The highest BCUT2D eigenvalue weighted by atomic mass is 16.2. The molecule has 90 valence electrons. The SMILES string of the molecule is NCC(C(=O)N1CC=CCC1)c1ccccc1. The molecule has 0 radical (unpaired) electrons. The molecule has 1 atom stereocenters. The lowest BCUT2D eigenvalue weighted by Gasteiger charge is -2.27. The summed E-state index contributed by atoms with van der Waals surface area (Å²) in [5, 5.41) is 0. The third-order valence-corrected chi connectivity index (χ3v) is 3.11. The van der Waals surface area contributed by atoms with Crippen LogP contribution in [-0.4, -0.2) is 30.4 Å². The predicted octanol–water partition coefficient (Wildman–Crippen LogP) is 1.52. The number of rotatable bonds is 3. The van der Waals surface area contributed by atoms with E-state index in [-0.39, 0.29) is 11.8 Å². The first-order valence-electron chi connectivity index (χ1n) is 6.01. The van der Waals surface area contributed by atoms with E-state index in [1.807, 2.05) is 41.3 Å². The summed E-state index contributed by atoms with van der Waals surface area (Å²) >= 11 is 0. The Morgan fingerprint density at radius 2 is 2.06 bits per heavy atom. The van der Waals surface area contributed by atoms with Crippen LogP contribution in [0.4, 0.5) is 0 Å². The van der Waals surface area contributed by atoms with E-state index < -0.39 is 0 Å². The standard InChI is InChI=1S/C14H18N2O/c15-11-13(12-7-3-1-4-8-12)14(17)16-9-5-2-6-10-16/h1-5,7-8,13H,6,9-11,15H2. The molecule has 2 rings (SSSR count). The first kappa shape index (κ1) is 11.9. The minimum Gasteiger partial charge on any atom is -0.338 e. The summed E-state index contributed by atoms with van der Waals surface area (Å²) in [5.41, 5.74) is 6.76. The predicted molar refractivity (Wildman–Crippen MR) is 68.6 cm³/mol. The van der Waals surface area contributed by atoms with Crippen LogP contribution in [-0.2, 0) is 4.79 Å². The van der Waals surface area contributed by atoms with E-state index in [0.717, 1.165) is 18.5 Å². The number of benzene rings is 1. The molecule has 3 nitrogen and oxygen atoms in total. The van der Waals surface area contributed by atoms with Gasteiger partial charge in [0.1, 0.15) is 0 Å². The fourth-order valence-electron chi connectivity index (χ4n) is 2.13. The number of hydrogen-bond donors (Lipinski definition) is 1. The van der Waals surface area contributed by atoms with Crippen molar-refractivity contribution in [3.05, 3.63) is 48.0 Å². The summed E-state index contributed by atoms with van der Waals surface area (Å²) in [5.74, 6) is -0.0641. The van der Waals surface area contributed by atoms with Crippen molar-refractivity contribution in [2.24, 2.45) is 5.73 Å². The van der Waals surface area contributed by atoms with Gasteiger partial charge in [-0.3, -0.25) is 4.79 Å². The van der Waals surface area contributed by atoms with E-state index in [9.17, 15) is 4.79 Å². The lowest BCUT2D eigenvalue weighted by Crippen LogP contribution is -2.39. The second-order valence-corrected chi connectivity index (χ2v) is 4.24. The summed E-state index contributed by atoms with van der Waals surface area (Å²) in [6, 6.07) is 9.78. The van der Waals surface area contributed by atoms with Crippen molar-refractivity contribution < 1.29 is 4.79 Å². The van der Waals surface area contributed by atoms with E-state index in [2.05, 4.69) is 6.08 Å². The van der Waals surface area contributed by atoms with Crippen LogP contribution < -0.4 is 5.73 Å². The molecule has 3 heteroatoms. The normalized spacial score (nSPS) is 16.9. The van der Waals surface area contributed by atoms with Crippen molar-refractivity contribution in [2.45, 2.75) is 12.3 Å². The molecule has 1 aromatic rings. The van der Waals surface area contributed by atoms with Gasteiger partial charge >= 0.3 is 0 Å². The molecule has 1 amide bonds. The second kappa shape index (κ2) is 5.64. The molecular weight excluding hydrogens is 212 g/mol. The molecule has 0 saturated heterocycles. The quantitative estimate of drug-likeness (QED) is 0.800. The number of nitrogens with zero attached hydrogens (tertiary/aromatic N) is 1. The van der Waals surface area contributed by atoms with Gasteiger partial charge in [0, 0.05) is 19.6 Å². The topological polar surface area (TPSA) is 46.3 Å².